The molecule has 4 rings (SSSR count). The van der Waals surface area contributed by atoms with Gasteiger partial charge in [-0.05, 0) is 23.3 Å². The Morgan fingerprint density at radius 2 is 1.83 bits per heavy atom. The highest BCUT2D eigenvalue weighted by molar-refractivity contribution is 8.00. The van der Waals surface area contributed by atoms with E-state index in [0.717, 1.165) is 11.1 Å². The molecule has 0 fully saturated rings. The molecule has 0 spiro atoms. The standard InChI is InChI=1S/C20H16ClN5O2S/c21-16-8-6-14(7-9-16)10-26-19-18(24-25-26)20(23-13-22-19)29-12-17(27)28-11-15-4-2-1-3-5-15/h1-9,13H,10-12H2. The third-order valence-electron chi connectivity index (χ3n) is 4.08. The largest absolute Gasteiger partial charge is 0.460 e. The Hall–Kier alpha value is -2.97. The summed E-state index contributed by atoms with van der Waals surface area (Å²) in [5.41, 5.74) is 3.14. The number of fused-ring (bicyclic) bond motifs is 1. The number of nitrogens with zero attached hydrogens (tertiary/aromatic N) is 5. The monoisotopic (exact) mass is 425 g/mol. The first kappa shape index (κ1) is 19.4. The fraction of sp³-hybridized carbons (Fsp3) is 0.150. The Labute approximate surface area is 176 Å². The van der Waals surface area contributed by atoms with Crippen LogP contribution in [0.2, 0.25) is 5.02 Å². The van der Waals surface area contributed by atoms with Gasteiger partial charge < -0.3 is 4.74 Å². The van der Waals surface area contributed by atoms with Gasteiger partial charge in [-0.3, -0.25) is 4.79 Å². The summed E-state index contributed by atoms with van der Waals surface area (Å²) < 4.78 is 6.99. The molecular formula is C20H16ClN5O2S. The predicted molar refractivity (Wildman–Crippen MR) is 111 cm³/mol. The van der Waals surface area contributed by atoms with E-state index >= 15 is 0 Å². The van der Waals surface area contributed by atoms with Crippen molar-refractivity contribution in [2.75, 3.05) is 5.75 Å². The number of thioether (sulfide) groups is 1. The molecule has 0 aliphatic carbocycles. The number of aromatic nitrogens is 5. The third-order valence-corrected chi connectivity index (χ3v) is 5.29. The van der Waals surface area contributed by atoms with Gasteiger partial charge in [-0.25, -0.2) is 14.6 Å². The Morgan fingerprint density at radius 1 is 1.03 bits per heavy atom. The third kappa shape index (κ3) is 4.90. The van der Waals surface area contributed by atoms with E-state index in [9.17, 15) is 4.79 Å². The minimum Gasteiger partial charge on any atom is -0.460 e. The number of hydrogen-bond donors (Lipinski definition) is 0. The van der Waals surface area contributed by atoms with E-state index in [2.05, 4.69) is 20.3 Å². The molecule has 0 bridgehead atoms. The number of ether oxygens (including phenoxy) is 1. The predicted octanol–water partition coefficient (Wildman–Crippen LogP) is 3.76. The zero-order valence-corrected chi connectivity index (χ0v) is 16.8. The fourth-order valence-corrected chi connectivity index (χ4v) is 3.51. The van der Waals surface area contributed by atoms with Crippen LogP contribution in [-0.4, -0.2) is 36.7 Å². The lowest BCUT2D eigenvalue weighted by Crippen LogP contribution is -2.07. The molecule has 0 N–H and O–H groups in total. The van der Waals surface area contributed by atoms with Crippen LogP contribution in [0.4, 0.5) is 0 Å². The second-order valence-corrected chi connectivity index (χ2v) is 7.56. The van der Waals surface area contributed by atoms with Crippen LogP contribution in [0.5, 0.6) is 0 Å². The van der Waals surface area contributed by atoms with Crippen LogP contribution < -0.4 is 0 Å². The number of benzene rings is 2. The van der Waals surface area contributed by atoms with Crippen LogP contribution in [0.15, 0.2) is 66.0 Å². The molecular weight excluding hydrogens is 410 g/mol. The maximum atomic E-state index is 12.1. The minimum absolute atomic E-state index is 0.128. The number of hydrogen-bond acceptors (Lipinski definition) is 7. The van der Waals surface area contributed by atoms with Crippen LogP contribution in [0.3, 0.4) is 0 Å². The van der Waals surface area contributed by atoms with E-state index in [-0.39, 0.29) is 18.3 Å². The quantitative estimate of drug-likeness (QED) is 0.253. The highest BCUT2D eigenvalue weighted by Gasteiger charge is 2.14. The highest BCUT2D eigenvalue weighted by Crippen LogP contribution is 2.23. The van der Waals surface area contributed by atoms with Gasteiger partial charge in [0.05, 0.1) is 12.3 Å². The molecule has 0 aliphatic rings. The molecule has 29 heavy (non-hydrogen) atoms. The topological polar surface area (TPSA) is 82.8 Å². The maximum Gasteiger partial charge on any atom is 0.316 e. The fourth-order valence-electron chi connectivity index (χ4n) is 2.65. The van der Waals surface area contributed by atoms with Crippen LogP contribution in [0.25, 0.3) is 11.2 Å². The Morgan fingerprint density at radius 3 is 2.62 bits per heavy atom. The molecule has 0 saturated heterocycles. The van der Waals surface area contributed by atoms with E-state index in [1.807, 2.05) is 54.6 Å². The maximum absolute atomic E-state index is 12.1. The van der Waals surface area contributed by atoms with Gasteiger partial charge in [-0.15, -0.1) is 5.10 Å². The Bertz CT molecular complexity index is 1120. The van der Waals surface area contributed by atoms with Crippen molar-refractivity contribution < 1.29 is 9.53 Å². The van der Waals surface area contributed by atoms with Crippen molar-refractivity contribution in [1.82, 2.24) is 25.0 Å². The van der Waals surface area contributed by atoms with Crippen LogP contribution in [0, 0.1) is 0 Å². The Balaban J connectivity index is 1.41. The molecule has 7 nitrogen and oxygen atoms in total. The number of rotatable bonds is 7. The number of carbonyl (C=O) groups is 1. The molecule has 0 aliphatic heterocycles. The van der Waals surface area contributed by atoms with Crippen LogP contribution in [-0.2, 0) is 22.7 Å². The van der Waals surface area contributed by atoms with Gasteiger partial charge in [-0.2, -0.15) is 0 Å². The van der Waals surface area contributed by atoms with Crippen molar-refractivity contribution in [2.45, 2.75) is 18.2 Å². The molecule has 2 heterocycles. The zero-order chi connectivity index (χ0) is 20.1. The van der Waals surface area contributed by atoms with Gasteiger partial charge in [0.2, 0.25) is 0 Å². The minimum atomic E-state index is -0.320. The van der Waals surface area contributed by atoms with E-state index in [1.165, 1.54) is 18.1 Å². The molecule has 0 unspecified atom stereocenters. The van der Waals surface area contributed by atoms with Gasteiger partial charge >= 0.3 is 5.97 Å². The van der Waals surface area contributed by atoms with E-state index in [0.29, 0.717) is 27.8 Å². The second-order valence-electron chi connectivity index (χ2n) is 6.16. The summed E-state index contributed by atoms with van der Waals surface area (Å²) in [6.45, 7) is 0.755. The highest BCUT2D eigenvalue weighted by atomic mass is 35.5. The molecule has 0 radical (unpaired) electrons. The average molecular weight is 426 g/mol. The Kier molecular flexibility index (Phi) is 6.02. The lowest BCUT2D eigenvalue weighted by atomic mass is 10.2. The first-order valence-electron chi connectivity index (χ1n) is 8.80. The van der Waals surface area contributed by atoms with Gasteiger partial charge in [-0.1, -0.05) is 71.0 Å². The number of halogens is 1. The molecule has 2 aromatic carbocycles. The first-order valence-corrected chi connectivity index (χ1v) is 10.2. The molecule has 0 amide bonds. The lowest BCUT2D eigenvalue weighted by molar-refractivity contribution is -0.141. The molecule has 0 atom stereocenters. The van der Waals surface area contributed by atoms with Crippen molar-refractivity contribution in [3.05, 3.63) is 77.1 Å². The van der Waals surface area contributed by atoms with Crippen molar-refractivity contribution in [3.63, 3.8) is 0 Å². The van der Waals surface area contributed by atoms with Gasteiger partial charge in [0.1, 0.15) is 18.0 Å². The molecule has 4 aromatic rings. The molecule has 0 saturated carbocycles. The van der Waals surface area contributed by atoms with Gasteiger partial charge in [0.25, 0.3) is 0 Å². The molecule has 2 aromatic heterocycles. The zero-order valence-electron chi connectivity index (χ0n) is 15.2. The lowest BCUT2D eigenvalue weighted by Gasteiger charge is -2.05. The molecule has 146 valence electrons. The number of esters is 1. The van der Waals surface area contributed by atoms with Crippen molar-refractivity contribution in [1.29, 1.82) is 0 Å². The van der Waals surface area contributed by atoms with Crippen molar-refractivity contribution in [3.8, 4) is 0 Å². The summed E-state index contributed by atoms with van der Waals surface area (Å²) in [5, 5.41) is 9.64. The summed E-state index contributed by atoms with van der Waals surface area (Å²) in [7, 11) is 0. The first-order chi connectivity index (χ1) is 14.2. The summed E-state index contributed by atoms with van der Waals surface area (Å²) in [5.74, 6) is -0.192. The van der Waals surface area contributed by atoms with Crippen LogP contribution >= 0.6 is 23.4 Å². The summed E-state index contributed by atoms with van der Waals surface area (Å²) in [6.07, 6.45) is 1.45. The SMILES string of the molecule is O=C(CSc1ncnc2c1nnn2Cc1ccc(Cl)cc1)OCc1ccccc1. The smallest absolute Gasteiger partial charge is 0.316 e. The number of carbonyl (C=O) groups excluding carboxylic acids is 1. The second kappa shape index (κ2) is 9.02. The van der Waals surface area contributed by atoms with Gasteiger partial charge in [0.15, 0.2) is 11.2 Å². The van der Waals surface area contributed by atoms with E-state index in [4.69, 9.17) is 16.3 Å². The van der Waals surface area contributed by atoms with Crippen molar-refractivity contribution >= 4 is 40.5 Å². The summed E-state index contributed by atoms with van der Waals surface area (Å²) in [4.78, 5) is 20.6. The molecule has 9 heteroatoms. The van der Waals surface area contributed by atoms with Gasteiger partial charge in [0, 0.05) is 5.02 Å². The average Bonchev–Trinajstić information content (AvgIpc) is 3.16. The van der Waals surface area contributed by atoms with Crippen molar-refractivity contribution in [2.24, 2.45) is 0 Å². The summed E-state index contributed by atoms with van der Waals surface area (Å²) in [6, 6.07) is 17.1. The summed E-state index contributed by atoms with van der Waals surface area (Å²) >= 11 is 7.19. The normalized spacial score (nSPS) is 10.9. The van der Waals surface area contributed by atoms with E-state index in [1.54, 1.807) is 4.68 Å². The van der Waals surface area contributed by atoms with E-state index < -0.39 is 0 Å². The van der Waals surface area contributed by atoms with Crippen LogP contribution in [0.1, 0.15) is 11.1 Å².